The Morgan fingerprint density at radius 2 is 1.41 bits per heavy atom. The number of nitrogens with zero attached hydrogens (tertiary/aromatic N) is 1. The monoisotopic (exact) mass is 533 g/mol. The van der Waals surface area contributed by atoms with Crippen molar-refractivity contribution in [3.05, 3.63) is 95.6 Å². The predicted molar refractivity (Wildman–Crippen MR) is 145 cm³/mol. The molecule has 0 spiro atoms. The second-order valence-corrected chi connectivity index (χ2v) is 9.72. The van der Waals surface area contributed by atoms with E-state index < -0.39 is 24.2 Å². The van der Waals surface area contributed by atoms with Crippen LogP contribution in [0.5, 0.6) is 11.5 Å². The molecule has 0 radical (unpaired) electrons. The summed E-state index contributed by atoms with van der Waals surface area (Å²) in [7, 11) is 3.20. The Bertz CT molecular complexity index is 1180. The minimum Gasteiger partial charge on any atom is -0.497 e. The van der Waals surface area contributed by atoms with Crippen LogP contribution in [-0.2, 0) is 20.9 Å². The van der Waals surface area contributed by atoms with Crippen LogP contribution in [-0.4, -0.2) is 55.0 Å². The summed E-state index contributed by atoms with van der Waals surface area (Å²) in [5, 5.41) is 10.1. The first kappa shape index (κ1) is 28.0. The number of carbonyl (C=O) groups excluding carboxylic acids is 2. The number of likely N-dealkylation sites (tertiary alicyclic amines) is 1. The van der Waals surface area contributed by atoms with E-state index in [0.717, 1.165) is 16.7 Å². The number of aliphatic hydroxyl groups excluding tert-OH is 1. The van der Waals surface area contributed by atoms with Crippen molar-refractivity contribution in [3.63, 3.8) is 0 Å². The zero-order chi connectivity index (χ0) is 27.9. The minimum atomic E-state index is -0.838. The number of rotatable bonds is 11. The average Bonchev–Trinajstić information content (AvgIpc) is 2.97. The van der Waals surface area contributed by atoms with Gasteiger partial charge in [0.1, 0.15) is 24.2 Å². The van der Waals surface area contributed by atoms with Gasteiger partial charge in [0, 0.05) is 12.5 Å². The van der Waals surface area contributed by atoms with Gasteiger partial charge in [-0.25, -0.2) is 4.79 Å². The van der Waals surface area contributed by atoms with E-state index in [1.165, 1.54) is 0 Å². The van der Waals surface area contributed by atoms with E-state index in [1.807, 2.05) is 85.8 Å². The van der Waals surface area contributed by atoms with E-state index in [-0.39, 0.29) is 31.1 Å². The average molecular weight is 534 g/mol. The molecule has 3 aromatic rings. The molecule has 1 heterocycles. The highest BCUT2D eigenvalue weighted by Gasteiger charge is 2.56. The largest absolute Gasteiger partial charge is 0.508 e. The lowest BCUT2D eigenvalue weighted by molar-refractivity contribution is -0.174. The van der Waals surface area contributed by atoms with Gasteiger partial charge in [0.05, 0.1) is 32.2 Å². The number of benzene rings is 3. The maximum atomic E-state index is 13.8. The maximum absolute atomic E-state index is 13.8. The molecule has 8 heteroatoms. The molecule has 206 valence electrons. The van der Waals surface area contributed by atoms with Crippen LogP contribution >= 0.6 is 0 Å². The lowest BCUT2D eigenvalue weighted by Crippen LogP contribution is -2.68. The fourth-order valence-corrected chi connectivity index (χ4v) is 5.13. The second-order valence-electron chi connectivity index (χ2n) is 9.72. The van der Waals surface area contributed by atoms with Gasteiger partial charge >= 0.3 is 6.16 Å². The Kier molecular flexibility index (Phi) is 9.09. The summed E-state index contributed by atoms with van der Waals surface area (Å²) in [5.41, 5.74) is 2.61. The fraction of sp³-hybridized carbons (Fsp3) is 0.355. The van der Waals surface area contributed by atoms with Gasteiger partial charge in [0.2, 0.25) is 5.91 Å². The zero-order valence-electron chi connectivity index (χ0n) is 22.7. The molecular weight excluding hydrogens is 498 g/mol. The third kappa shape index (κ3) is 6.17. The predicted octanol–water partition coefficient (Wildman–Crippen LogP) is 4.99. The molecule has 0 aromatic heterocycles. The van der Waals surface area contributed by atoms with Gasteiger partial charge in [-0.2, -0.15) is 0 Å². The highest BCUT2D eigenvalue weighted by atomic mass is 16.7. The molecule has 1 N–H and O–H groups in total. The highest BCUT2D eigenvalue weighted by Crippen LogP contribution is 2.45. The van der Waals surface area contributed by atoms with Crippen LogP contribution in [0.4, 0.5) is 4.79 Å². The smallest absolute Gasteiger partial charge is 0.497 e. The van der Waals surface area contributed by atoms with Crippen molar-refractivity contribution in [1.82, 2.24) is 4.90 Å². The van der Waals surface area contributed by atoms with Crippen LogP contribution in [0, 0.1) is 11.8 Å². The lowest BCUT2D eigenvalue weighted by atomic mass is 9.74. The van der Waals surface area contributed by atoms with Crippen LogP contribution in [0.25, 0.3) is 0 Å². The number of hydrogen-bond acceptors (Lipinski definition) is 7. The van der Waals surface area contributed by atoms with Crippen molar-refractivity contribution in [1.29, 1.82) is 0 Å². The van der Waals surface area contributed by atoms with E-state index in [9.17, 15) is 14.7 Å². The summed E-state index contributed by atoms with van der Waals surface area (Å²) in [6.45, 7) is 3.52. The van der Waals surface area contributed by atoms with E-state index in [0.29, 0.717) is 11.5 Å². The molecule has 0 bridgehead atoms. The molecule has 4 atom stereocenters. The molecule has 1 fully saturated rings. The van der Waals surface area contributed by atoms with Gasteiger partial charge in [-0.1, -0.05) is 61.5 Å². The lowest BCUT2D eigenvalue weighted by Gasteiger charge is -2.54. The summed E-state index contributed by atoms with van der Waals surface area (Å²) in [6, 6.07) is 23.6. The maximum Gasteiger partial charge on any atom is 0.508 e. The Morgan fingerprint density at radius 3 is 1.90 bits per heavy atom. The molecule has 4 rings (SSSR count). The first-order chi connectivity index (χ1) is 18.9. The van der Waals surface area contributed by atoms with Crippen molar-refractivity contribution < 1.29 is 33.6 Å². The van der Waals surface area contributed by atoms with Crippen molar-refractivity contribution in [2.75, 3.05) is 20.8 Å². The number of aliphatic hydroxyl groups is 1. The molecule has 0 aliphatic carbocycles. The summed E-state index contributed by atoms with van der Waals surface area (Å²) >= 11 is 0. The minimum absolute atomic E-state index is 0.0740. The van der Waals surface area contributed by atoms with E-state index in [2.05, 4.69) is 0 Å². The van der Waals surface area contributed by atoms with Crippen LogP contribution in [0.3, 0.4) is 0 Å². The Hall–Kier alpha value is -4.04. The number of hydrogen-bond donors (Lipinski definition) is 1. The molecule has 3 aromatic carbocycles. The van der Waals surface area contributed by atoms with E-state index >= 15 is 0 Å². The van der Waals surface area contributed by atoms with Gasteiger partial charge in [-0.05, 0) is 47.9 Å². The SMILES string of the molecule is COc1ccc(C(c2ccc(OC)cc2)N2C(=O)[C@H]([C@@H](C)OC(=O)OCc3ccccc3)[C@H]2[C@H](C)CO)cc1. The molecular formula is C31H35NO7. The van der Waals surface area contributed by atoms with E-state index in [1.54, 1.807) is 26.0 Å². The normalized spacial score (nSPS) is 18.2. The summed E-state index contributed by atoms with van der Waals surface area (Å²) in [5.74, 6) is 0.349. The summed E-state index contributed by atoms with van der Waals surface area (Å²) < 4.78 is 21.5. The molecule has 8 nitrogen and oxygen atoms in total. The number of β-lactam (4-membered cyclic amide) rings is 1. The van der Waals surface area contributed by atoms with Gasteiger partial charge in [-0.15, -0.1) is 0 Å². The highest BCUT2D eigenvalue weighted by molar-refractivity contribution is 5.88. The molecule has 39 heavy (non-hydrogen) atoms. The first-order valence-electron chi connectivity index (χ1n) is 13.0. The summed E-state index contributed by atoms with van der Waals surface area (Å²) in [4.78, 5) is 28.0. The Balaban J connectivity index is 1.58. The number of carbonyl (C=O) groups is 2. The molecule has 0 saturated carbocycles. The number of ether oxygens (including phenoxy) is 4. The van der Waals surface area contributed by atoms with Gasteiger partial charge < -0.3 is 29.0 Å². The standard InChI is InChI=1S/C31H35NO7/c1-20(18-33)28-27(21(2)39-31(35)38-19-22-8-6-5-7-9-22)30(34)32(28)29(23-10-14-25(36-3)15-11-23)24-12-16-26(37-4)17-13-24/h5-17,20-21,27-29,33H,18-19H2,1-4H3/t20-,21-,27-,28-/m1/s1. The zero-order valence-corrected chi connectivity index (χ0v) is 22.7. The number of amides is 1. The Morgan fingerprint density at radius 1 is 0.872 bits per heavy atom. The van der Waals surface area contributed by atoms with Gasteiger partial charge in [-0.3, -0.25) is 4.79 Å². The van der Waals surface area contributed by atoms with Crippen LogP contribution in [0.2, 0.25) is 0 Å². The fourth-order valence-electron chi connectivity index (χ4n) is 5.13. The third-order valence-corrected chi connectivity index (χ3v) is 7.23. The van der Waals surface area contributed by atoms with Crippen LogP contribution in [0.1, 0.15) is 36.6 Å². The molecule has 1 aliphatic rings. The van der Waals surface area contributed by atoms with Crippen LogP contribution < -0.4 is 9.47 Å². The molecule has 1 amide bonds. The first-order valence-corrected chi connectivity index (χ1v) is 13.0. The van der Waals surface area contributed by atoms with Gasteiger partial charge in [0.25, 0.3) is 0 Å². The quantitative estimate of drug-likeness (QED) is 0.274. The summed E-state index contributed by atoms with van der Waals surface area (Å²) in [6.07, 6.45) is -1.58. The Labute approximate surface area is 229 Å². The van der Waals surface area contributed by atoms with E-state index in [4.69, 9.17) is 18.9 Å². The third-order valence-electron chi connectivity index (χ3n) is 7.23. The topological polar surface area (TPSA) is 94.5 Å². The van der Waals surface area contributed by atoms with Crippen molar-refractivity contribution >= 4 is 12.1 Å². The van der Waals surface area contributed by atoms with Crippen molar-refractivity contribution in [2.24, 2.45) is 11.8 Å². The molecule has 1 aliphatic heterocycles. The van der Waals surface area contributed by atoms with Gasteiger partial charge in [0.15, 0.2) is 0 Å². The molecule has 0 unspecified atom stereocenters. The van der Waals surface area contributed by atoms with Crippen molar-refractivity contribution in [2.45, 2.75) is 38.6 Å². The number of methoxy groups -OCH3 is 2. The van der Waals surface area contributed by atoms with Crippen LogP contribution in [0.15, 0.2) is 78.9 Å². The second kappa shape index (κ2) is 12.7. The molecule has 1 saturated heterocycles. The van der Waals surface area contributed by atoms with Crippen molar-refractivity contribution in [3.8, 4) is 11.5 Å².